The molecule has 1 rings (SSSR count). The van der Waals surface area contributed by atoms with Gasteiger partial charge in [-0.2, -0.15) is 0 Å². The predicted octanol–water partition coefficient (Wildman–Crippen LogP) is 2.83. The Labute approximate surface area is 154 Å². The molecule has 0 amide bonds. The maximum absolute atomic E-state index is 6.05. The Morgan fingerprint density at radius 2 is 1.88 bits per heavy atom. The molecule has 8 heteroatoms. The van der Waals surface area contributed by atoms with Crippen LogP contribution in [-0.2, 0) is 23.1 Å². The molecule has 1 heterocycles. The van der Waals surface area contributed by atoms with E-state index in [-0.39, 0.29) is 0 Å². The number of hydrogen-bond acceptors (Lipinski definition) is 3. The van der Waals surface area contributed by atoms with Crippen molar-refractivity contribution >= 4 is 29.2 Å². The molecule has 138 valence electrons. The Kier molecular flexibility index (Phi) is 10.9. The Morgan fingerprint density at radius 3 is 2.46 bits per heavy atom. The molecule has 1 aromatic rings. The summed E-state index contributed by atoms with van der Waals surface area (Å²) in [7, 11) is 3.60. The number of hydrogen-bond donors (Lipinski definition) is 2. The van der Waals surface area contributed by atoms with E-state index in [2.05, 4.69) is 22.5 Å². The van der Waals surface area contributed by atoms with Crippen LogP contribution in [0.25, 0.3) is 0 Å². The minimum Gasteiger partial charge on any atom is -0.379 e. The van der Waals surface area contributed by atoms with Gasteiger partial charge in [-0.25, -0.2) is 0 Å². The van der Waals surface area contributed by atoms with Crippen LogP contribution in [0.3, 0.4) is 0 Å². The van der Waals surface area contributed by atoms with Gasteiger partial charge in [0.1, 0.15) is 5.15 Å². The fourth-order valence-electron chi connectivity index (χ4n) is 1.96. The van der Waals surface area contributed by atoms with Crippen LogP contribution in [0.2, 0.25) is 10.2 Å². The highest BCUT2D eigenvalue weighted by Crippen LogP contribution is 2.24. The van der Waals surface area contributed by atoms with E-state index in [9.17, 15) is 0 Å². The Bertz CT molecular complexity index is 507. The SMILES string of the molecule is CCCCOCCOCCNC(=NC)NCc1cc(Cl)c(Cl)n1C. The molecule has 0 bridgehead atoms. The second-order valence-corrected chi connectivity index (χ2v) is 6.03. The number of nitrogens with zero attached hydrogens (tertiary/aromatic N) is 2. The van der Waals surface area contributed by atoms with Crippen LogP contribution in [0, 0.1) is 0 Å². The van der Waals surface area contributed by atoms with Crippen molar-refractivity contribution in [2.24, 2.45) is 12.0 Å². The fourth-order valence-corrected chi connectivity index (χ4v) is 2.38. The zero-order valence-corrected chi connectivity index (χ0v) is 16.2. The number of guanidine groups is 1. The molecule has 0 fully saturated rings. The zero-order valence-electron chi connectivity index (χ0n) is 14.7. The van der Waals surface area contributed by atoms with Gasteiger partial charge in [-0.05, 0) is 12.5 Å². The zero-order chi connectivity index (χ0) is 17.8. The first-order valence-electron chi connectivity index (χ1n) is 8.19. The molecule has 0 aliphatic carbocycles. The van der Waals surface area contributed by atoms with E-state index in [4.69, 9.17) is 32.7 Å². The lowest BCUT2D eigenvalue weighted by Gasteiger charge is -2.12. The van der Waals surface area contributed by atoms with Gasteiger partial charge in [0.2, 0.25) is 0 Å². The molecule has 6 nitrogen and oxygen atoms in total. The van der Waals surface area contributed by atoms with E-state index in [0.29, 0.717) is 49.0 Å². The molecule has 0 aliphatic rings. The van der Waals surface area contributed by atoms with Crippen molar-refractivity contribution in [2.45, 2.75) is 26.3 Å². The third-order valence-corrected chi connectivity index (χ3v) is 4.27. The van der Waals surface area contributed by atoms with Crippen molar-refractivity contribution in [3.05, 3.63) is 21.9 Å². The standard InChI is InChI=1S/C16H28Cl2N4O2/c1-4-5-7-23-9-10-24-8-6-20-16(19-2)21-12-13-11-14(17)15(18)22(13)3/h11H,4-10,12H2,1-3H3,(H2,19,20,21). The highest BCUT2D eigenvalue weighted by molar-refractivity contribution is 6.41. The van der Waals surface area contributed by atoms with Gasteiger partial charge < -0.3 is 24.7 Å². The molecule has 0 unspecified atom stereocenters. The number of unbranched alkanes of at least 4 members (excludes halogenated alkanes) is 1. The van der Waals surface area contributed by atoms with Gasteiger partial charge in [-0.1, -0.05) is 36.5 Å². The molecular formula is C16H28Cl2N4O2. The van der Waals surface area contributed by atoms with Crippen molar-refractivity contribution in [1.29, 1.82) is 0 Å². The average Bonchev–Trinajstić information content (AvgIpc) is 2.83. The van der Waals surface area contributed by atoms with E-state index < -0.39 is 0 Å². The van der Waals surface area contributed by atoms with Crippen molar-refractivity contribution < 1.29 is 9.47 Å². The molecule has 0 aromatic carbocycles. The average molecular weight is 379 g/mol. The molecule has 0 aliphatic heterocycles. The van der Waals surface area contributed by atoms with E-state index >= 15 is 0 Å². The largest absolute Gasteiger partial charge is 0.379 e. The Morgan fingerprint density at radius 1 is 1.17 bits per heavy atom. The summed E-state index contributed by atoms with van der Waals surface area (Å²) < 4.78 is 12.8. The van der Waals surface area contributed by atoms with E-state index in [1.807, 2.05) is 17.7 Å². The Hall–Kier alpha value is -0.950. The van der Waals surface area contributed by atoms with Crippen LogP contribution in [0.1, 0.15) is 25.5 Å². The molecule has 24 heavy (non-hydrogen) atoms. The molecular weight excluding hydrogens is 351 g/mol. The third kappa shape index (κ3) is 7.75. The second kappa shape index (κ2) is 12.4. The van der Waals surface area contributed by atoms with Gasteiger partial charge in [0, 0.05) is 32.9 Å². The number of halogens is 2. The van der Waals surface area contributed by atoms with Crippen LogP contribution in [0.15, 0.2) is 11.1 Å². The van der Waals surface area contributed by atoms with Crippen LogP contribution in [0.4, 0.5) is 0 Å². The van der Waals surface area contributed by atoms with Crippen LogP contribution in [-0.4, -0.2) is 50.5 Å². The lowest BCUT2D eigenvalue weighted by molar-refractivity contribution is 0.0487. The van der Waals surface area contributed by atoms with E-state index in [1.54, 1.807) is 7.05 Å². The normalized spacial score (nSPS) is 11.8. The summed E-state index contributed by atoms with van der Waals surface area (Å²) >= 11 is 12.1. The minimum atomic E-state index is 0.533. The fraction of sp³-hybridized carbons (Fsp3) is 0.688. The first kappa shape index (κ1) is 21.1. The number of aromatic nitrogens is 1. The molecule has 0 atom stereocenters. The lowest BCUT2D eigenvalue weighted by Crippen LogP contribution is -2.38. The predicted molar refractivity (Wildman–Crippen MR) is 100 cm³/mol. The third-order valence-electron chi connectivity index (χ3n) is 3.43. The highest BCUT2D eigenvalue weighted by Gasteiger charge is 2.09. The number of aliphatic imine (C=N–C) groups is 1. The smallest absolute Gasteiger partial charge is 0.191 e. The summed E-state index contributed by atoms with van der Waals surface area (Å²) in [6.45, 7) is 6.05. The summed E-state index contributed by atoms with van der Waals surface area (Å²) in [5, 5.41) is 7.49. The monoisotopic (exact) mass is 378 g/mol. The van der Waals surface area contributed by atoms with Crippen LogP contribution in [0.5, 0.6) is 0 Å². The number of nitrogens with one attached hydrogen (secondary N) is 2. The topological polar surface area (TPSA) is 59.8 Å². The van der Waals surface area contributed by atoms with Gasteiger partial charge in [0.25, 0.3) is 0 Å². The van der Waals surface area contributed by atoms with Gasteiger partial charge >= 0.3 is 0 Å². The molecule has 2 N–H and O–H groups in total. The molecule has 0 saturated carbocycles. The van der Waals surface area contributed by atoms with Crippen molar-refractivity contribution in [2.75, 3.05) is 40.0 Å². The summed E-state index contributed by atoms with van der Waals surface area (Å²) in [5.41, 5.74) is 0.980. The first-order valence-corrected chi connectivity index (χ1v) is 8.95. The Balaban J connectivity index is 2.14. The van der Waals surface area contributed by atoms with Gasteiger partial charge in [-0.15, -0.1) is 0 Å². The summed E-state index contributed by atoms with van der Waals surface area (Å²) in [6, 6.07) is 1.84. The molecule has 0 saturated heterocycles. The number of rotatable bonds is 11. The molecule has 0 radical (unpaired) electrons. The maximum Gasteiger partial charge on any atom is 0.191 e. The summed E-state index contributed by atoms with van der Waals surface area (Å²) in [4.78, 5) is 4.17. The van der Waals surface area contributed by atoms with Gasteiger partial charge in [0.05, 0.1) is 31.4 Å². The van der Waals surface area contributed by atoms with Crippen molar-refractivity contribution in [3.63, 3.8) is 0 Å². The summed E-state index contributed by atoms with van der Waals surface area (Å²) in [5.74, 6) is 0.700. The van der Waals surface area contributed by atoms with Crippen LogP contribution >= 0.6 is 23.2 Å². The quantitative estimate of drug-likeness (QED) is 0.353. The maximum atomic E-state index is 6.05. The highest BCUT2D eigenvalue weighted by atomic mass is 35.5. The second-order valence-electron chi connectivity index (χ2n) is 5.26. The first-order chi connectivity index (χ1) is 11.6. The van der Waals surface area contributed by atoms with Gasteiger partial charge in [-0.3, -0.25) is 4.99 Å². The van der Waals surface area contributed by atoms with E-state index in [0.717, 1.165) is 25.1 Å². The lowest BCUT2D eigenvalue weighted by atomic mass is 10.4. The summed E-state index contributed by atoms with van der Waals surface area (Å²) in [6.07, 6.45) is 2.25. The van der Waals surface area contributed by atoms with Crippen molar-refractivity contribution in [1.82, 2.24) is 15.2 Å². The molecule has 0 spiro atoms. The van der Waals surface area contributed by atoms with Crippen LogP contribution < -0.4 is 10.6 Å². The van der Waals surface area contributed by atoms with Crippen molar-refractivity contribution in [3.8, 4) is 0 Å². The van der Waals surface area contributed by atoms with Gasteiger partial charge in [0.15, 0.2) is 5.96 Å². The van der Waals surface area contributed by atoms with E-state index in [1.165, 1.54) is 0 Å². The number of ether oxygens (including phenoxy) is 2. The molecule has 1 aromatic heterocycles. The minimum absolute atomic E-state index is 0.533.